The fraction of sp³-hybridized carbons (Fsp3) is 0.652. The molecule has 1 aliphatic heterocycles. The largest absolute Gasteiger partial charge is 0.497 e. The monoisotopic (exact) mass is 418 g/mol. The molecule has 0 atom stereocenters. The Hall–Kier alpha value is -2.28. The van der Waals surface area contributed by atoms with Crippen LogP contribution in [0.2, 0.25) is 0 Å². The van der Waals surface area contributed by atoms with Gasteiger partial charge in [0.15, 0.2) is 5.96 Å². The zero-order valence-electron chi connectivity index (χ0n) is 19.2. The van der Waals surface area contributed by atoms with Gasteiger partial charge in [0.05, 0.1) is 20.2 Å². The van der Waals surface area contributed by atoms with Crippen molar-refractivity contribution in [2.24, 2.45) is 4.99 Å². The normalized spacial score (nSPS) is 16.1. The third-order valence-electron chi connectivity index (χ3n) is 5.87. The van der Waals surface area contributed by atoms with Gasteiger partial charge in [-0.25, -0.2) is 0 Å². The minimum Gasteiger partial charge on any atom is -0.497 e. The summed E-state index contributed by atoms with van der Waals surface area (Å²) in [7, 11) is 3.61. The fourth-order valence-electron chi connectivity index (χ4n) is 3.89. The van der Waals surface area contributed by atoms with Crippen LogP contribution in [0.5, 0.6) is 5.75 Å². The van der Waals surface area contributed by atoms with E-state index in [9.17, 15) is 4.79 Å². The van der Waals surface area contributed by atoms with E-state index in [0.29, 0.717) is 13.1 Å². The van der Waals surface area contributed by atoms with Crippen LogP contribution < -0.4 is 10.1 Å². The fourth-order valence-corrected chi connectivity index (χ4v) is 3.89. The van der Waals surface area contributed by atoms with E-state index in [1.54, 1.807) is 7.11 Å². The van der Waals surface area contributed by atoms with E-state index < -0.39 is 0 Å². The lowest BCUT2D eigenvalue weighted by atomic mass is 9.74. The topological polar surface area (TPSA) is 66.4 Å². The predicted octanol–water partition coefficient (Wildman–Crippen LogP) is 2.51. The molecular weight excluding hydrogens is 380 g/mol. The van der Waals surface area contributed by atoms with E-state index in [2.05, 4.69) is 17.4 Å². The Morgan fingerprint density at radius 2 is 1.80 bits per heavy atom. The van der Waals surface area contributed by atoms with Crippen LogP contribution in [0.3, 0.4) is 0 Å². The summed E-state index contributed by atoms with van der Waals surface area (Å²) in [5.41, 5.74) is 1.18. The molecule has 0 radical (unpaired) electrons. The maximum atomic E-state index is 12.5. The molecule has 1 heterocycles. The first kappa shape index (κ1) is 24.0. The minimum absolute atomic E-state index is 0.0745. The van der Waals surface area contributed by atoms with E-state index in [1.165, 1.54) is 5.56 Å². The summed E-state index contributed by atoms with van der Waals surface area (Å²) in [5.74, 6) is 1.73. The second kappa shape index (κ2) is 11.8. The molecular formula is C23H38N4O3. The number of benzene rings is 1. The van der Waals surface area contributed by atoms with Crippen molar-refractivity contribution in [2.75, 3.05) is 60.1 Å². The standard InChI is InChI=1S/C23H38N4O3/c1-6-24-22(26(4)17-21(28)27(7-2)8-3)25-18-23(13-15-30-16-14-23)19-9-11-20(29-5)12-10-19/h9-12H,6-8,13-18H2,1-5H3,(H,24,25). The van der Waals surface area contributed by atoms with Gasteiger partial charge in [0, 0.05) is 45.3 Å². The molecule has 1 aromatic carbocycles. The van der Waals surface area contributed by atoms with Crippen molar-refractivity contribution >= 4 is 11.9 Å². The average Bonchev–Trinajstić information content (AvgIpc) is 2.78. The first-order valence-electron chi connectivity index (χ1n) is 11.0. The number of carbonyl (C=O) groups is 1. The van der Waals surface area contributed by atoms with Crippen molar-refractivity contribution in [1.29, 1.82) is 0 Å². The summed E-state index contributed by atoms with van der Waals surface area (Å²) in [6.07, 6.45) is 1.84. The van der Waals surface area contributed by atoms with Crippen molar-refractivity contribution in [3.8, 4) is 5.75 Å². The smallest absolute Gasteiger partial charge is 0.242 e. The first-order chi connectivity index (χ1) is 14.5. The minimum atomic E-state index is -0.0745. The molecule has 0 unspecified atom stereocenters. The second-order valence-corrected chi connectivity index (χ2v) is 7.71. The summed E-state index contributed by atoms with van der Waals surface area (Å²) in [5, 5.41) is 3.34. The number of methoxy groups -OCH3 is 1. The number of hydrogen-bond donors (Lipinski definition) is 1. The summed E-state index contributed by atoms with van der Waals surface area (Å²) in [6.45, 7) is 10.7. The third-order valence-corrected chi connectivity index (χ3v) is 5.87. The molecule has 168 valence electrons. The lowest BCUT2D eigenvalue weighted by molar-refractivity contribution is -0.131. The Morgan fingerprint density at radius 3 is 2.33 bits per heavy atom. The van der Waals surface area contributed by atoms with Crippen molar-refractivity contribution in [3.05, 3.63) is 29.8 Å². The van der Waals surface area contributed by atoms with Crippen LogP contribution in [0.25, 0.3) is 0 Å². The van der Waals surface area contributed by atoms with Crippen LogP contribution in [0, 0.1) is 0 Å². The molecule has 7 heteroatoms. The lowest BCUT2D eigenvalue weighted by Crippen LogP contribution is -2.46. The summed E-state index contributed by atoms with van der Waals surface area (Å²) >= 11 is 0. The summed E-state index contributed by atoms with van der Waals surface area (Å²) in [4.78, 5) is 21.3. The van der Waals surface area contributed by atoms with E-state index in [0.717, 1.165) is 57.4 Å². The van der Waals surface area contributed by atoms with Gasteiger partial charge in [-0.3, -0.25) is 9.79 Å². The highest BCUT2D eigenvalue weighted by Gasteiger charge is 2.34. The quantitative estimate of drug-likeness (QED) is 0.493. The lowest BCUT2D eigenvalue weighted by Gasteiger charge is -2.37. The molecule has 0 aromatic heterocycles. The molecule has 0 saturated carbocycles. The van der Waals surface area contributed by atoms with Crippen LogP contribution in [-0.4, -0.2) is 81.8 Å². The number of nitrogens with one attached hydrogen (secondary N) is 1. The molecule has 1 saturated heterocycles. The molecule has 2 rings (SSSR count). The van der Waals surface area contributed by atoms with Crippen molar-refractivity contribution in [1.82, 2.24) is 15.1 Å². The predicted molar refractivity (Wildman–Crippen MR) is 121 cm³/mol. The molecule has 1 fully saturated rings. The number of carbonyl (C=O) groups excluding carboxylic acids is 1. The molecule has 30 heavy (non-hydrogen) atoms. The van der Waals surface area contributed by atoms with Gasteiger partial charge in [-0.15, -0.1) is 0 Å². The number of hydrogen-bond acceptors (Lipinski definition) is 4. The van der Waals surface area contributed by atoms with Crippen LogP contribution in [0.15, 0.2) is 29.3 Å². The highest BCUT2D eigenvalue weighted by atomic mass is 16.5. The van der Waals surface area contributed by atoms with Gasteiger partial charge in [0.25, 0.3) is 0 Å². The van der Waals surface area contributed by atoms with Crippen LogP contribution in [0.1, 0.15) is 39.2 Å². The number of ether oxygens (including phenoxy) is 2. The van der Waals surface area contributed by atoms with Gasteiger partial charge in [-0.2, -0.15) is 0 Å². The van der Waals surface area contributed by atoms with Crippen LogP contribution in [-0.2, 0) is 14.9 Å². The number of rotatable bonds is 9. The van der Waals surface area contributed by atoms with E-state index >= 15 is 0 Å². The van der Waals surface area contributed by atoms with Gasteiger partial charge >= 0.3 is 0 Å². The Balaban J connectivity index is 2.21. The Kier molecular flexibility index (Phi) is 9.43. The number of guanidine groups is 1. The van der Waals surface area contributed by atoms with Gasteiger partial charge in [0.2, 0.25) is 5.91 Å². The maximum absolute atomic E-state index is 12.5. The first-order valence-corrected chi connectivity index (χ1v) is 11.0. The Morgan fingerprint density at radius 1 is 1.17 bits per heavy atom. The molecule has 1 aromatic rings. The van der Waals surface area contributed by atoms with Gasteiger partial charge in [0.1, 0.15) is 5.75 Å². The van der Waals surface area contributed by atoms with Gasteiger partial charge in [-0.05, 0) is 51.3 Å². The molecule has 0 spiro atoms. The average molecular weight is 419 g/mol. The molecule has 1 N–H and O–H groups in total. The van der Waals surface area contributed by atoms with E-state index in [-0.39, 0.29) is 11.3 Å². The van der Waals surface area contributed by atoms with Crippen LogP contribution in [0.4, 0.5) is 0 Å². The summed E-state index contributed by atoms with van der Waals surface area (Å²) in [6, 6.07) is 8.30. The van der Waals surface area contributed by atoms with E-state index in [4.69, 9.17) is 14.5 Å². The Bertz CT molecular complexity index is 680. The number of aliphatic imine (C=N–C) groups is 1. The Labute approximate surface area is 181 Å². The van der Waals surface area contributed by atoms with Gasteiger partial charge in [-0.1, -0.05) is 12.1 Å². The van der Waals surface area contributed by atoms with E-state index in [1.807, 2.05) is 49.8 Å². The number of nitrogens with zero attached hydrogens (tertiary/aromatic N) is 3. The SMILES string of the molecule is CCNC(=NCC1(c2ccc(OC)cc2)CCOCC1)N(C)CC(=O)N(CC)CC. The molecule has 7 nitrogen and oxygen atoms in total. The molecule has 1 aliphatic rings. The number of amides is 1. The van der Waals surface area contributed by atoms with Crippen LogP contribution >= 0.6 is 0 Å². The maximum Gasteiger partial charge on any atom is 0.242 e. The molecule has 1 amide bonds. The molecule has 0 aliphatic carbocycles. The zero-order valence-corrected chi connectivity index (χ0v) is 19.2. The van der Waals surface area contributed by atoms with Crippen molar-refractivity contribution in [2.45, 2.75) is 39.0 Å². The third kappa shape index (κ3) is 6.11. The molecule has 0 bridgehead atoms. The summed E-state index contributed by atoms with van der Waals surface area (Å²) < 4.78 is 11.0. The van der Waals surface area contributed by atoms with Crippen molar-refractivity contribution in [3.63, 3.8) is 0 Å². The van der Waals surface area contributed by atoms with Crippen molar-refractivity contribution < 1.29 is 14.3 Å². The zero-order chi connectivity index (χ0) is 22.0. The highest BCUT2D eigenvalue weighted by Crippen LogP contribution is 2.36. The highest BCUT2D eigenvalue weighted by molar-refractivity contribution is 5.86. The number of likely N-dealkylation sites (N-methyl/N-ethyl adjacent to an activating group) is 2. The second-order valence-electron chi connectivity index (χ2n) is 7.71. The van der Waals surface area contributed by atoms with Gasteiger partial charge < -0.3 is 24.6 Å².